The first-order valence-electron chi connectivity index (χ1n) is 9.42. The standard InChI is InChI=1S/C21H27N3O3/c1-3-26-17-10-8-16(9-11-17)19-13-20(24-23-19)21(25)22-14-15-6-5-7-18(12-15)27-4-2/h5-12,19-20,23-24H,3-4,13-14H2,1-2H3,(H,22,25). The molecular weight excluding hydrogens is 342 g/mol. The van der Waals surface area contributed by atoms with Gasteiger partial charge in [0.1, 0.15) is 17.5 Å². The Morgan fingerprint density at radius 2 is 1.78 bits per heavy atom. The first kappa shape index (κ1) is 19.2. The van der Waals surface area contributed by atoms with E-state index in [1.165, 1.54) is 0 Å². The van der Waals surface area contributed by atoms with Crippen molar-refractivity contribution in [1.82, 2.24) is 16.2 Å². The van der Waals surface area contributed by atoms with E-state index in [2.05, 4.69) is 16.2 Å². The Morgan fingerprint density at radius 3 is 2.52 bits per heavy atom. The fourth-order valence-corrected chi connectivity index (χ4v) is 3.13. The van der Waals surface area contributed by atoms with E-state index >= 15 is 0 Å². The van der Waals surface area contributed by atoms with Gasteiger partial charge in [0.2, 0.25) is 5.91 Å². The Hall–Kier alpha value is -2.57. The molecule has 2 atom stereocenters. The summed E-state index contributed by atoms with van der Waals surface area (Å²) in [6, 6.07) is 15.6. The highest BCUT2D eigenvalue weighted by molar-refractivity contribution is 5.82. The molecule has 0 aliphatic carbocycles. The zero-order chi connectivity index (χ0) is 19.1. The molecule has 1 amide bonds. The number of benzene rings is 2. The monoisotopic (exact) mass is 369 g/mol. The van der Waals surface area contributed by atoms with Crippen molar-refractivity contribution in [2.24, 2.45) is 0 Å². The first-order chi connectivity index (χ1) is 13.2. The molecule has 144 valence electrons. The summed E-state index contributed by atoms with van der Waals surface area (Å²) >= 11 is 0. The van der Waals surface area contributed by atoms with Gasteiger partial charge in [0.05, 0.1) is 13.2 Å². The summed E-state index contributed by atoms with van der Waals surface area (Å²) in [6.45, 7) is 5.67. The normalized spacial score (nSPS) is 18.9. The van der Waals surface area contributed by atoms with E-state index in [0.29, 0.717) is 26.2 Å². The maximum Gasteiger partial charge on any atom is 0.238 e. The lowest BCUT2D eigenvalue weighted by molar-refractivity contribution is -0.123. The zero-order valence-electron chi connectivity index (χ0n) is 15.8. The highest BCUT2D eigenvalue weighted by Gasteiger charge is 2.29. The molecule has 0 spiro atoms. The summed E-state index contributed by atoms with van der Waals surface area (Å²) in [6.07, 6.45) is 0.693. The average molecular weight is 369 g/mol. The van der Waals surface area contributed by atoms with Crippen LogP contribution in [-0.4, -0.2) is 25.2 Å². The van der Waals surface area contributed by atoms with Crippen molar-refractivity contribution in [3.63, 3.8) is 0 Å². The number of hydrogen-bond acceptors (Lipinski definition) is 5. The molecule has 1 saturated heterocycles. The third kappa shape index (κ3) is 5.21. The SMILES string of the molecule is CCOc1ccc(C2CC(C(=O)NCc3cccc(OCC)c3)NN2)cc1. The second-order valence-corrected chi connectivity index (χ2v) is 6.43. The lowest BCUT2D eigenvalue weighted by Gasteiger charge is -2.12. The Bertz CT molecular complexity index is 749. The van der Waals surface area contributed by atoms with Gasteiger partial charge in [0, 0.05) is 12.6 Å². The zero-order valence-corrected chi connectivity index (χ0v) is 15.8. The number of ether oxygens (including phenoxy) is 2. The molecule has 0 radical (unpaired) electrons. The molecule has 0 aromatic heterocycles. The number of nitrogens with one attached hydrogen (secondary N) is 3. The molecule has 2 aromatic carbocycles. The predicted molar refractivity (Wildman–Crippen MR) is 104 cm³/mol. The van der Waals surface area contributed by atoms with Crippen LogP contribution in [0.1, 0.15) is 37.4 Å². The molecule has 1 aliphatic heterocycles. The van der Waals surface area contributed by atoms with Crippen molar-refractivity contribution < 1.29 is 14.3 Å². The van der Waals surface area contributed by atoms with E-state index in [0.717, 1.165) is 22.6 Å². The minimum atomic E-state index is -0.267. The summed E-state index contributed by atoms with van der Waals surface area (Å²) in [7, 11) is 0. The summed E-state index contributed by atoms with van der Waals surface area (Å²) in [5.74, 6) is 1.66. The van der Waals surface area contributed by atoms with Gasteiger partial charge in [-0.05, 0) is 55.7 Å². The van der Waals surface area contributed by atoms with Gasteiger partial charge in [-0.2, -0.15) is 0 Å². The van der Waals surface area contributed by atoms with E-state index in [1.54, 1.807) is 0 Å². The van der Waals surface area contributed by atoms with Crippen LogP contribution in [0.3, 0.4) is 0 Å². The second kappa shape index (κ2) is 9.39. The maximum absolute atomic E-state index is 12.5. The van der Waals surface area contributed by atoms with Crippen LogP contribution in [0, 0.1) is 0 Å². The van der Waals surface area contributed by atoms with Gasteiger partial charge in [-0.15, -0.1) is 0 Å². The van der Waals surface area contributed by atoms with E-state index in [1.807, 2.05) is 62.4 Å². The van der Waals surface area contributed by atoms with Crippen LogP contribution in [0.5, 0.6) is 11.5 Å². The molecule has 2 aromatic rings. The van der Waals surface area contributed by atoms with Crippen molar-refractivity contribution in [2.75, 3.05) is 13.2 Å². The molecule has 1 aliphatic rings. The molecule has 6 nitrogen and oxygen atoms in total. The lowest BCUT2D eigenvalue weighted by atomic mass is 10.0. The Morgan fingerprint density at radius 1 is 1.04 bits per heavy atom. The smallest absolute Gasteiger partial charge is 0.238 e. The van der Waals surface area contributed by atoms with Gasteiger partial charge >= 0.3 is 0 Å². The Kier molecular flexibility index (Phi) is 6.68. The number of hydrazine groups is 1. The highest BCUT2D eigenvalue weighted by Crippen LogP contribution is 2.24. The van der Waals surface area contributed by atoms with Crippen LogP contribution in [0.25, 0.3) is 0 Å². The second-order valence-electron chi connectivity index (χ2n) is 6.43. The Balaban J connectivity index is 1.50. The fraction of sp³-hybridized carbons (Fsp3) is 0.381. The lowest BCUT2D eigenvalue weighted by Crippen LogP contribution is -2.42. The van der Waals surface area contributed by atoms with Gasteiger partial charge in [-0.1, -0.05) is 24.3 Å². The molecule has 6 heteroatoms. The molecule has 3 N–H and O–H groups in total. The van der Waals surface area contributed by atoms with Crippen molar-refractivity contribution in [3.8, 4) is 11.5 Å². The van der Waals surface area contributed by atoms with Crippen LogP contribution in [0.4, 0.5) is 0 Å². The molecule has 2 unspecified atom stereocenters. The van der Waals surface area contributed by atoms with Gasteiger partial charge in [0.25, 0.3) is 0 Å². The first-order valence-corrected chi connectivity index (χ1v) is 9.42. The minimum absolute atomic E-state index is 0.0160. The van der Waals surface area contributed by atoms with Gasteiger partial charge in [0.15, 0.2) is 0 Å². The number of rotatable bonds is 8. The van der Waals surface area contributed by atoms with Crippen molar-refractivity contribution in [1.29, 1.82) is 0 Å². The third-order valence-corrected chi connectivity index (χ3v) is 4.49. The van der Waals surface area contributed by atoms with Crippen LogP contribution in [-0.2, 0) is 11.3 Å². The van der Waals surface area contributed by atoms with Crippen molar-refractivity contribution in [3.05, 3.63) is 59.7 Å². The van der Waals surface area contributed by atoms with Crippen molar-refractivity contribution >= 4 is 5.91 Å². The van der Waals surface area contributed by atoms with E-state index in [4.69, 9.17) is 9.47 Å². The van der Waals surface area contributed by atoms with Gasteiger partial charge in [-0.3, -0.25) is 4.79 Å². The number of amides is 1. The fourth-order valence-electron chi connectivity index (χ4n) is 3.13. The minimum Gasteiger partial charge on any atom is -0.494 e. The quantitative estimate of drug-likeness (QED) is 0.667. The van der Waals surface area contributed by atoms with E-state index in [9.17, 15) is 4.79 Å². The summed E-state index contributed by atoms with van der Waals surface area (Å²) in [4.78, 5) is 12.5. The van der Waals surface area contributed by atoms with Crippen LogP contribution < -0.4 is 25.6 Å². The van der Waals surface area contributed by atoms with Crippen LogP contribution in [0.15, 0.2) is 48.5 Å². The third-order valence-electron chi connectivity index (χ3n) is 4.49. The predicted octanol–water partition coefficient (Wildman–Crippen LogP) is 2.71. The largest absolute Gasteiger partial charge is 0.494 e. The summed E-state index contributed by atoms with van der Waals surface area (Å²) in [5, 5.41) is 2.99. The van der Waals surface area contributed by atoms with E-state index in [-0.39, 0.29) is 18.0 Å². The maximum atomic E-state index is 12.5. The molecule has 1 heterocycles. The average Bonchev–Trinajstić information content (AvgIpc) is 3.18. The van der Waals surface area contributed by atoms with Gasteiger partial charge < -0.3 is 14.8 Å². The molecule has 0 bridgehead atoms. The van der Waals surface area contributed by atoms with Crippen molar-refractivity contribution in [2.45, 2.75) is 38.9 Å². The summed E-state index contributed by atoms with van der Waals surface area (Å²) in [5.41, 5.74) is 8.45. The molecule has 27 heavy (non-hydrogen) atoms. The van der Waals surface area contributed by atoms with Gasteiger partial charge in [-0.25, -0.2) is 10.9 Å². The Labute approximate surface area is 160 Å². The van der Waals surface area contributed by atoms with Crippen LogP contribution in [0.2, 0.25) is 0 Å². The summed E-state index contributed by atoms with van der Waals surface area (Å²) < 4.78 is 11.0. The number of carbonyl (C=O) groups is 1. The molecule has 0 saturated carbocycles. The number of hydrogen-bond donors (Lipinski definition) is 3. The molecule has 3 rings (SSSR count). The molecule has 1 fully saturated rings. The van der Waals surface area contributed by atoms with Crippen LogP contribution >= 0.6 is 0 Å². The topological polar surface area (TPSA) is 71.6 Å². The highest BCUT2D eigenvalue weighted by atomic mass is 16.5. The number of carbonyl (C=O) groups excluding carboxylic acids is 1. The molecular formula is C21H27N3O3. The van der Waals surface area contributed by atoms with E-state index < -0.39 is 0 Å².